The first kappa shape index (κ1) is 25.3. The second kappa shape index (κ2) is 12.7. The highest BCUT2D eigenvalue weighted by molar-refractivity contribution is 6.31. The fourth-order valence-electron chi connectivity index (χ4n) is 3.86. The fourth-order valence-corrected chi connectivity index (χ4v) is 4.03. The minimum atomic E-state index is -0.289. The maximum atomic E-state index is 12.9. The number of unbranched alkanes of at least 4 members (excludes halogenated alkanes) is 2. The number of carbonyl (C=O) groups is 1. The Labute approximate surface area is 196 Å². The van der Waals surface area contributed by atoms with Crippen molar-refractivity contribution in [3.05, 3.63) is 59.2 Å². The van der Waals surface area contributed by atoms with Crippen molar-refractivity contribution >= 4 is 40.7 Å². The second-order valence-electron chi connectivity index (χ2n) is 7.44. The van der Waals surface area contributed by atoms with E-state index in [0.29, 0.717) is 17.3 Å². The summed E-state index contributed by atoms with van der Waals surface area (Å²) in [5.74, 6) is -0.289. The van der Waals surface area contributed by atoms with E-state index in [1.807, 2.05) is 43.3 Å². The first-order valence-electron chi connectivity index (χ1n) is 10.9. The van der Waals surface area contributed by atoms with Crippen molar-refractivity contribution in [1.82, 2.24) is 9.88 Å². The Balaban J connectivity index is 0.00000341. The van der Waals surface area contributed by atoms with Gasteiger partial charge in [-0.25, -0.2) is 4.79 Å². The van der Waals surface area contributed by atoms with E-state index in [4.69, 9.17) is 16.3 Å². The molecule has 6 heteroatoms. The molecular weight excluding hydrogens is 431 g/mol. The number of hydrogen-bond acceptors (Lipinski definition) is 3. The smallest absolute Gasteiger partial charge is 0.355 e. The molecule has 0 aliphatic heterocycles. The van der Waals surface area contributed by atoms with E-state index in [2.05, 4.69) is 28.9 Å². The maximum Gasteiger partial charge on any atom is 0.355 e. The molecule has 0 spiro atoms. The third kappa shape index (κ3) is 6.25. The van der Waals surface area contributed by atoms with Crippen LogP contribution in [0.1, 0.15) is 50.0 Å². The zero-order chi connectivity index (χ0) is 21.3. The van der Waals surface area contributed by atoms with Crippen LogP contribution < -0.4 is 5.32 Å². The van der Waals surface area contributed by atoms with Gasteiger partial charge >= 0.3 is 5.97 Å². The van der Waals surface area contributed by atoms with Gasteiger partial charge in [0, 0.05) is 22.3 Å². The summed E-state index contributed by atoms with van der Waals surface area (Å²) in [7, 11) is 0. The van der Waals surface area contributed by atoms with Gasteiger partial charge in [-0.05, 0) is 50.6 Å². The van der Waals surface area contributed by atoms with Gasteiger partial charge in [-0.3, -0.25) is 0 Å². The minimum absolute atomic E-state index is 0. The zero-order valence-electron chi connectivity index (χ0n) is 18.3. The van der Waals surface area contributed by atoms with Crippen LogP contribution in [-0.2, 0) is 11.3 Å². The van der Waals surface area contributed by atoms with Crippen molar-refractivity contribution in [2.45, 2.75) is 46.1 Å². The normalized spacial score (nSPS) is 10.8. The first-order valence-corrected chi connectivity index (χ1v) is 11.3. The van der Waals surface area contributed by atoms with Crippen molar-refractivity contribution in [1.29, 1.82) is 0 Å². The summed E-state index contributed by atoms with van der Waals surface area (Å²) in [6.45, 7) is 7.07. The second-order valence-corrected chi connectivity index (χ2v) is 7.87. The summed E-state index contributed by atoms with van der Waals surface area (Å²) >= 11 is 6.33. The number of esters is 1. The van der Waals surface area contributed by atoms with Gasteiger partial charge in [0.05, 0.1) is 12.3 Å². The number of aromatic nitrogens is 1. The predicted molar refractivity (Wildman–Crippen MR) is 133 cm³/mol. The number of benzene rings is 2. The molecule has 1 N–H and O–H groups in total. The number of fused-ring (bicyclic) bond motifs is 1. The summed E-state index contributed by atoms with van der Waals surface area (Å²) in [4.78, 5) is 12.9. The molecular formula is C25H32Cl2N2O2. The molecule has 0 atom stereocenters. The zero-order valence-corrected chi connectivity index (χ0v) is 19.9. The molecule has 0 aliphatic rings. The van der Waals surface area contributed by atoms with Gasteiger partial charge in [-0.15, -0.1) is 12.4 Å². The maximum absolute atomic E-state index is 12.9. The molecule has 0 aliphatic carbocycles. The van der Waals surface area contributed by atoms with Gasteiger partial charge in [-0.2, -0.15) is 0 Å². The molecule has 1 heterocycles. The average molecular weight is 463 g/mol. The molecule has 168 valence electrons. The fraction of sp³-hybridized carbons (Fsp3) is 0.400. The third-order valence-corrected chi connectivity index (χ3v) is 5.48. The van der Waals surface area contributed by atoms with Gasteiger partial charge in [-0.1, -0.05) is 67.8 Å². The van der Waals surface area contributed by atoms with Crippen LogP contribution in [0.15, 0.2) is 48.5 Å². The van der Waals surface area contributed by atoms with E-state index in [1.54, 1.807) is 0 Å². The monoisotopic (exact) mass is 462 g/mol. The summed E-state index contributed by atoms with van der Waals surface area (Å²) < 4.78 is 7.53. The van der Waals surface area contributed by atoms with Crippen LogP contribution in [0.2, 0.25) is 5.02 Å². The molecule has 0 unspecified atom stereocenters. The summed E-state index contributed by atoms with van der Waals surface area (Å²) in [5.41, 5.74) is 2.69. The quantitative estimate of drug-likeness (QED) is 0.253. The van der Waals surface area contributed by atoms with Crippen molar-refractivity contribution in [3.63, 3.8) is 0 Å². The van der Waals surface area contributed by atoms with E-state index in [9.17, 15) is 4.79 Å². The molecule has 0 saturated carbocycles. The van der Waals surface area contributed by atoms with Crippen LogP contribution in [-0.4, -0.2) is 30.2 Å². The first-order chi connectivity index (χ1) is 14.7. The number of carbonyl (C=O) groups excluding carboxylic acids is 1. The number of ether oxygens (including phenoxy) is 1. The van der Waals surface area contributed by atoms with Crippen LogP contribution in [0.25, 0.3) is 22.0 Å². The van der Waals surface area contributed by atoms with Crippen LogP contribution in [0, 0.1) is 0 Å². The summed E-state index contributed by atoms with van der Waals surface area (Å²) in [5, 5.41) is 6.03. The largest absolute Gasteiger partial charge is 0.461 e. The van der Waals surface area contributed by atoms with Crippen molar-refractivity contribution in [2.75, 3.05) is 19.7 Å². The topological polar surface area (TPSA) is 43.3 Å². The van der Waals surface area contributed by atoms with E-state index >= 15 is 0 Å². The van der Waals surface area contributed by atoms with Crippen LogP contribution in [0.5, 0.6) is 0 Å². The molecule has 0 saturated heterocycles. The highest BCUT2D eigenvalue weighted by Gasteiger charge is 2.24. The molecule has 4 nitrogen and oxygen atoms in total. The van der Waals surface area contributed by atoms with Crippen LogP contribution in [0.3, 0.4) is 0 Å². The molecule has 31 heavy (non-hydrogen) atoms. The van der Waals surface area contributed by atoms with E-state index in [0.717, 1.165) is 48.1 Å². The van der Waals surface area contributed by atoms with E-state index in [-0.39, 0.29) is 18.4 Å². The van der Waals surface area contributed by atoms with E-state index < -0.39 is 0 Å². The Hall–Kier alpha value is -2.01. The molecule has 2 aromatic carbocycles. The van der Waals surface area contributed by atoms with Gasteiger partial charge < -0.3 is 14.6 Å². The Bertz CT molecular complexity index is 971. The number of rotatable bonds is 11. The average Bonchev–Trinajstić information content (AvgIpc) is 3.07. The van der Waals surface area contributed by atoms with Crippen molar-refractivity contribution < 1.29 is 9.53 Å². The van der Waals surface area contributed by atoms with Gasteiger partial charge in [0.2, 0.25) is 0 Å². The number of nitrogens with one attached hydrogen (secondary N) is 1. The lowest BCUT2D eigenvalue weighted by Crippen LogP contribution is -2.20. The van der Waals surface area contributed by atoms with Gasteiger partial charge in [0.15, 0.2) is 0 Å². The van der Waals surface area contributed by atoms with Crippen molar-refractivity contribution in [3.8, 4) is 11.3 Å². The van der Waals surface area contributed by atoms with E-state index in [1.165, 1.54) is 19.3 Å². The molecule has 3 rings (SSSR count). The standard InChI is InChI=1S/C25H31ClN2O2.ClH/c1-3-5-9-15-27-16-10-17-28-23(19-11-7-6-8-12-19)22-18-20(26)13-14-21(22)24(28)25(29)30-4-2;/h6-8,11-14,18,27H,3-5,9-10,15-17H2,1-2H3;1H. The lowest BCUT2D eigenvalue weighted by molar-refractivity contribution is 0.0516. The Kier molecular flexibility index (Phi) is 10.4. The molecule has 0 radical (unpaired) electrons. The molecule has 0 fully saturated rings. The van der Waals surface area contributed by atoms with Gasteiger partial charge in [0.1, 0.15) is 5.69 Å². The molecule has 3 aromatic rings. The highest BCUT2D eigenvalue weighted by atomic mass is 35.5. The minimum Gasteiger partial charge on any atom is -0.461 e. The third-order valence-electron chi connectivity index (χ3n) is 5.24. The lowest BCUT2D eigenvalue weighted by Gasteiger charge is -2.14. The summed E-state index contributed by atoms with van der Waals surface area (Å²) in [6.07, 6.45) is 4.60. The van der Waals surface area contributed by atoms with Gasteiger partial charge in [0.25, 0.3) is 0 Å². The Morgan fingerprint density at radius 2 is 1.74 bits per heavy atom. The van der Waals surface area contributed by atoms with Crippen LogP contribution >= 0.6 is 24.0 Å². The predicted octanol–water partition coefficient (Wildman–Crippen LogP) is 6.73. The highest BCUT2D eigenvalue weighted by Crippen LogP contribution is 2.36. The molecule has 0 bridgehead atoms. The Morgan fingerprint density at radius 3 is 2.45 bits per heavy atom. The van der Waals surface area contributed by atoms with Crippen molar-refractivity contribution in [2.24, 2.45) is 0 Å². The molecule has 1 aromatic heterocycles. The SMILES string of the molecule is CCCCCNCCCn1c(C(=O)OCC)c2ccc(Cl)cc2c1-c1ccccc1.Cl. The summed E-state index contributed by atoms with van der Waals surface area (Å²) in [6, 6.07) is 15.9. The van der Waals surface area contributed by atoms with Crippen LogP contribution in [0.4, 0.5) is 0 Å². The number of nitrogens with zero attached hydrogens (tertiary/aromatic N) is 1. The Morgan fingerprint density at radius 1 is 1.00 bits per heavy atom. The number of hydrogen-bond donors (Lipinski definition) is 1. The number of halogens is 2. The molecule has 0 amide bonds. The lowest BCUT2D eigenvalue weighted by atomic mass is 10.1.